The van der Waals surface area contributed by atoms with Crippen LogP contribution in [0.4, 0.5) is 0 Å². The second kappa shape index (κ2) is 7.41. The lowest BCUT2D eigenvalue weighted by molar-refractivity contribution is 0.596. The van der Waals surface area contributed by atoms with E-state index in [2.05, 4.69) is 69.2 Å². The Balaban J connectivity index is 2.46. The maximum Gasteiger partial charge on any atom is 0.0761 e. The molecule has 0 fully saturated rings. The van der Waals surface area contributed by atoms with E-state index in [9.17, 15) is 0 Å². The highest BCUT2D eigenvalue weighted by Crippen LogP contribution is 2.39. The van der Waals surface area contributed by atoms with Gasteiger partial charge in [0.05, 0.1) is 13.6 Å². The number of rotatable bonds is 5. The Bertz CT molecular complexity index is 598. The quantitative estimate of drug-likeness (QED) is 0.577. The highest BCUT2D eigenvalue weighted by Gasteiger charge is 2.20. The minimum Gasteiger partial charge on any atom is -0.306 e. The Morgan fingerprint density at radius 2 is 2.00 bits per heavy atom. The van der Waals surface area contributed by atoms with Crippen LogP contribution < -0.4 is 5.32 Å². The smallest absolute Gasteiger partial charge is 0.0761 e. The van der Waals surface area contributed by atoms with Crippen molar-refractivity contribution in [3.63, 3.8) is 0 Å². The SMILES string of the molecule is CCCNC(c1cc(Cl)ccc1C)c1cc(Br)sc1Br. The molecule has 0 saturated carbocycles. The summed E-state index contributed by atoms with van der Waals surface area (Å²) in [5.74, 6) is 0. The van der Waals surface area contributed by atoms with Crippen LogP contribution >= 0.6 is 54.8 Å². The summed E-state index contributed by atoms with van der Waals surface area (Å²) < 4.78 is 2.28. The van der Waals surface area contributed by atoms with Crippen LogP contribution in [0.25, 0.3) is 0 Å². The van der Waals surface area contributed by atoms with Crippen LogP contribution in [0, 0.1) is 6.92 Å². The Morgan fingerprint density at radius 3 is 2.60 bits per heavy atom. The molecule has 2 rings (SSSR count). The first kappa shape index (κ1) is 16.5. The summed E-state index contributed by atoms with van der Waals surface area (Å²) in [6.45, 7) is 5.27. The number of thiophene rings is 1. The fraction of sp³-hybridized carbons (Fsp3) is 0.333. The van der Waals surface area contributed by atoms with Gasteiger partial charge in [0.1, 0.15) is 0 Å². The molecule has 0 amide bonds. The van der Waals surface area contributed by atoms with Gasteiger partial charge in [0.2, 0.25) is 0 Å². The average Bonchev–Trinajstić information content (AvgIpc) is 2.73. The summed E-state index contributed by atoms with van der Waals surface area (Å²) in [5.41, 5.74) is 3.73. The maximum absolute atomic E-state index is 6.18. The van der Waals surface area contributed by atoms with E-state index < -0.39 is 0 Å². The molecule has 108 valence electrons. The van der Waals surface area contributed by atoms with Crippen molar-refractivity contribution in [1.82, 2.24) is 5.32 Å². The van der Waals surface area contributed by atoms with E-state index in [4.69, 9.17) is 11.6 Å². The molecule has 0 aliphatic rings. The predicted molar refractivity (Wildman–Crippen MR) is 96.0 cm³/mol. The van der Waals surface area contributed by atoms with E-state index in [1.807, 2.05) is 6.07 Å². The summed E-state index contributed by atoms with van der Waals surface area (Å²) >= 11 is 15.1. The molecule has 20 heavy (non-hydrogen) atoms. The van der Waals surface area contributed by atoms with E-state index in [0.29, 0.717) is 0 Å². The monoisotopic (exact) mass is 435 g/mol. The minimum atomic E-state index is 0.158. The fourth-order valence-corrected chi connectivity index (χ4v) is 5.23. The molecule has 1 N–H and O–H groups in total. The molecular formula is C15H16Br2ClNS. The van der Waals surface area contributed by atoms with Crippen LogP contribution in [0.2, 0.25) is 5.02 Å². The van der Waals surface area contributed by atoms with Crippen molar-refractivity contribution in [3.05, 3.63) is 53.6 Å². The summed E-state index contributed by atoms with van der Waals surface area (Å²) in [7, 11) is 0. The van der Waals surface area contributed by atoms with Gasteiger partial charge in [-0.2, -0.15) is 0 Å². The Morgan fingerprint density at radius 1 is 1.25 bits per heavy atom. The molecule has 1 nitrogen and oxygen atoms in total. The third kappa shape index (κ3) is 3.86. The number of hydrogen-bond donors (Lipinski definition) is 1. The Hall–Kier alpha value is 0.130. The van der Waals surface area contributed by atoms with E-state index in [1.54, 1.807) is 11.3 Å². The zero-order valence-corrected chi connectivity index (χ0v) is 16.1. The van der Waals surface area contributed by atoms with E-state index in [-0.39, 0.29) is 6.04 Å². The molecule has 5 heteroatoms. The van der Waals surface area contributed by atoms with Crippen molar-refractivity contribution >= 4 is 54.8 Å². The van der Waals surface area contributed by atoms with Crippen molar-refractivity contribution in [3.8, 4) is 0 Å². The molecule has 0 bridgehead atoms. The van der Waals surface area contributed by atoms with Crippen LogP contribution in [-0.2, 0) is 0 Å². The molecule has 0 radical (unpaired) electrons. The van der Waals surface area contributed by atoms with Crippen molar-refractivity contribution < 1.29 is 0 Å². The van der Waals surface area contributed by atoms with Crippen molar-refractivity contribution in [2.24, 2.45) is 0 Å². The molecular weight excluding hydrogens is 421 g/mol. The largest absolute Gasteiger partial charge is 0.306 e. The molecule has 0 spiro atoms. The van der Waals surface area contributed by atoms with Gasteiger partial charge < -0.3 is 5.32 Å². The van der Waals surface area contributed by atoms with Crippen LogP contribution in [-0.4, -0.2) is 6.54 Å². The van der Waals surface area contributed by atoms with Gasteiger partial charge in [-0.25, -0.2) is 0 Å². The van der Waals surface area contributed by atoms with Gasteiger partial charge in [0.25, 0.3) is 0 Å². The average molecular weight is 438 g/mol. The molecule has 1 aromatic carbocycles. The summed E-state index contributed by atoms with van der Waals surface area (Å²) in [4.78, 5) is 0. The van der Waals surface area contributed by atoms with Crippen LogP contribution in [0.5, 0.6) is 0 Å². The van der Waals surface area contributed by atoms with Crippen LogP contribution in [0.1, 0.15) is 36.1 Å². The zero-order valence-electron chi connectivity index (χ0n) is 11.3. The second-order valence-electron chi connectivity index (χ2n) is 4.67. The van der Waals surface area contributed by atoms with Gasteiger partial charge >= 0.3 is 0 Å². The molecule has 1 aromatic heterocycles. The highest BCUT2D eigenvalue weighted by molar-refractivity contribution is 9.12. The first-order valence-corrected chi connectivity index (χ1v) is 9.25. The maximum atomic E-state index is 6.18. The van der Waals surface area contributed by atoms with Gasteiger partial charge in [-0.15, -0.1) is 11.3 Å². The molecule has 0 saturated heterocycles. The molecule has 1 unspecified atom stereocenters. The standard InChI is InChI=1S/C15H16Br2ClNS/c1-3-6-19-14(12-8-13(16)20-15(12)17)11-7-10(18)5-4-9(11)2/h4-5,7-8,14,19H,3,6H2,1-2H3. The van der Waals surface area contributed by atoms with Gasteiger partial charge in [-0.1, -0.05) is 24.6 Å². The number of nitrogens with one attached hydrogen (secondary N) is 1. The van der Waals surface area contributed by atoms with Gasteiger partial charge in [-0.3, -0.25) is 0 Å². The Kier molecular flexibility index (Phi) is 6.11. The van der Waals surface area contributed by atoms with Gasteiger partial charge in [0, 0.05) is 5.02 Å². The lowest BCUT2D eigenvalue weighted by Crippen LogP contribution is -2.23. The highest BCUT2D eigenvalue weighted by atomic mass is 79.9. The number of aryl methyl sites for hydroxylation is 1. The second-order valence-corrected chi connectivity index (χ2v) is 8.85. The van der Waals surface area contributed by atoms with Crippen molar-refractivity contribution in [2.45, 2.75) is 26.3 Å². The third-order valence-electron chi connectivity index (χ3n) is 3.14. The fourth-order valence-electron chi connectivity index (χ4n) is 2.15. The van der Waals surface area contributed by atoms with E-state index in [0.717, 1.165) is 25.6 Å². The normalized spacial score (nSPS) is 12.7. The number of hydrogen-bond acceptors (Lipinski definition) is 2. The lowest BCUT2D eigenvalue weighted by Gasteiger charge is -2.21. The topological polar surface area (TPSA) is 12.0 Å². The van der Waals surface area contributed by atoms with Gasteiger partial charge in [-0.05, 0) is 86.6 Å². The summed E-state index contributed by atoms with van der Waals surface area (Å²) in [6, 6.07) is 8.40. The first-order chi connectivity index (χ1) is 9.52. The molecule has 2 aromatic rings. The third-order valence-corrected chi connectivity index (χ3v) is 5.77. The predicted octanol–water partition coefficient (Wildman–Crippen LogP) is 6.32. The van der Waals surface area contributed by atoms with Crippen LogP contribution in [0.15, 0.2) is 31.8 Å². The first-order valence-electron chi connectivity index (χ1n) is 6.47. The summed E-state index contributed by atoms with van der Waals surface area (Å²) in [5, 5.41) is 4.40. The molecule has 1 atom stereocenters. The molecule has 0 aliphatic heterocycles. The van der Waals surface area contributed by atoms with E-state index >= 15 is 0 Å². The van der Waals surface area contributed by atoms with Gasteiger partial charge in [0.15, 0.2) is 0 Å². The van der Waals surface area contributed by atoms with Crippen LogP contribution in [0.3, 0.4) is 0 Å². The zero-order chi connectivity index (χ0) is 14.7. The lowest BCUT2D eigenvalue weighted by atomic mass is 9.97. The van der Waals surface area contributed by atoms with Crippen molar-refractivity contribution in [2.75, 3.05) is 6.54 Å². The van der Waals surface area contributed by atoms with E-state index in [1.165, 1.54) is 16.7 Å². The number of benzene rings is 1. The molecule has 0 aliphatic carbocycles. The summed E-state index contributed by atoms with van der Waals surface area (Å²) in [6.07, 6.45) is 1.10. The molecule has 1 heterocycles. The minimum absolute atomic E-state index is 0.158. The number of halogens is 3. The Labute approximate surface area is 146 Å². The van der Waals surface area contributed by atoms with Crippen molar-refractivity contribution in [1.29, 1.82) is 0 Å².